The molecule has 1 amide bonds. The lowest BCUT2D eigenvalue weighted by Crippen LogP contribution is -2.30. The summed E-state index contributed by atoms with van der Waals surface area (Å²) >= 11 is 0. The predicted molar refractivity (Wildman–Crippen MR) is 114 cm³/mol. The number of benzene rings is 1. The molecule has 29 heavy (non-hydrogen) atoms. The van der Waals surface area contributed by atoms with Gasteiger partial charge in [0.15, 0.2) is 0 Å². The first-order valence-corrected chi connectivity index (χ1v) is 9.84. The molecule has 6 nitrogen and oxygen atoms in total. The number of ether oxygens (including phenoxy) is 1. The van der Waals surface area contributed by atoms with Crippen molar-refractivity contribution in [2.45, 2.75) is 32.8 Å². The van der Waals surface area contributed by atoms with E-state index in [2.05, 4.69) is 4.98 Å². The summed E-state index contributed by atoms with van der Waals surface area (Å²) in [5.74, 6) is 1.29. The third-order valence-corrected chi connectivity index (χ3v) is 4.90. The molecule has 1 aromatic heterocycles. The van der Waals surface area contributed by atoms with E-state index in [-0.39, 0.29) is 5.91 Å². The molecule has 1 aromatic carbocycles. The fourth-order valence-corrected chi connectivity index (χ4v) is 3.24. The monoisotopic (exact) mass is 393 g/mol. The average molecular weight is 393 g/mol. The lowest BCUT2D eigenvalue weighted by molar-refractivity contribution is -0.126. The van der Waals surface area contributed by atoms with Crippen LogP contribution in [-0.4, -0.2) is 40.1 Å². The lowest BCUT2D eigenvalue weighted by Gasteiger charge is -2.17. The van der Waals surface area contributed by atoms with E-state index in [1.54, 1.807) is 35.4 Å². The van der Waals surface area contributed by atoms with Crippen molar-refractivity contribution in [2.24, 2.45) is 0 Å². The Morgan fingerprint density at radius 3 is 2.69 bits per heavy atom. The van der Waals surface area contributed by atoms with Crippen molar-refractivity contribution in [3.8, 4) is 11.5 Å². The number of carbonyl (C=O) groups excluding carboxylic acids is 1. The lowest BCUT2D eigenvalue weighted by atomic mass is 10.0. The van der Waals surface area contributed by atoms with Gasteiger partial charge in [0.1, 0.15) is 11.5 Å². The molecular weight excluding hydrogens is 366 g/mol. The number of likely N-dealkylation sites (tertiary alicyclic amines) is 1. The van der Waals surface area contributed by atoms with Crippen molar-refractivity contribution in [1.82, 2.24) is 9.88 Å². The smallest absolute Gasteiger partial charge is 0.253 e. The van der Waals surface area contributed by atoms with Crippen molar-refractivity contribution >= 4 is 17.2 Å². The van der Waals surface area contributed by atoms with E-state index in [0.29, 0.717) is 48.7 Å². The zero-order valence-electron chi connectivity index (χ0n) is 16.8. The summed E-state index contributed by atoms with van der Waals surface area (Å²) in [4.78, 5) is 18.9. The Morgan fingerprint density at radius 2 is 2.07 bits per heavy atom. The third-order valence-electron chi connectivity index (χ3n) is 4.90. The number of β-amino-alcohol motifs (C(OH)–C–C–N with tert-alkyl or cyclic N) is 1. The Morgan fingerprint density at radius 1 is 1.31 bits per heavy atom. The van der Waals surface area contributed by atoms with Crippen LogP contribution >= 0.6 is 0 Å². The van der Waals surface area contributed by atoms with Crippen molar-refractivity contribution in [2.75, 3.05) is 18.8 Å². The van der Waals surface area contributed by atoms with Gasteiger partial charge in [0.25, 0.3) is 5.91 Å². The van der Waals surface area contributed by atoms with Crippen LogP contribution in [0.2, 0.25) is 0 Å². The third kappa shape index (κ3) is 5.23. The summed E-state index contributed by atoms with van der Waals surface area (Å²) in [7, 11) is 0. The van der Waals surface area contributed by atoms with Crippen LogP contribution in [0.5, 0.6) is 11.5 Å². The number of nitrogen functional groups attached to an aromatic ring is 1. The summed E-state index contributed by atoms with van der Waals surface area (Å²) in [6.45, 7) is 4.83. The van der Waals surface area contributed by atoms with Gasteiger partial charge in [-0.25, -0.2) is 0 Å². The quantitative estimate of drug-likeness (QED) is 0.443. The number of aliphatic hydroxyl groups is 1. The van der Waals surface area contributed by atoms with Crippen LogP contribution in [0.15, 0.2) is 60.3 Å². The first-order chi connectivity index (χ1) is 14.0. The minimum atomic E-state index is -0.435. The van der Waals surface area contributed by atoms with Gasteiger partial charge in [0.05, 0.1) is 11.8 Å². The highest BCUT2D eigenvalue weighted by Crippen LogP contribution is 2.27. The fourth-order valence-electron chi connectivity index (χ4n) is 3.24. The van der Waals surface area contributed by atoms with Gasteiger partial charge in [-0.15, -0.1) is 0 Å². The number of nitrogens with zero attached hydrogens (tertiary/aromatic N) is 2. The van der Waals surface area contributed by atoms with Crippen LogP contribution < -0.4 is 10.5 Å². The topological polar surface area (TPSA) is 88.7 Å². The van der Waals surface area contributed by atoms with Crippen LogP contribution in [-0.2, 0) is 4.79 Å². The van der Waals surface area contributed by atoms with Gasteiger partial charge in [0.2, 0.25) is 0 Å². The second kappa shape index (κ2) is 9.39. The van der Waals surface area contributed by atoms with Gasteiger partial charge < -0.3 is 20.5 Å². The Kier molecular flexibility index (Phi) is 6.67. The van der Waals surface area contributed by atoms with Crippen LogP contribution in [0.4, 0.5) is 5.69 Å². The van der Waals surface area contributed by atoms with Crippen LogP contribution in [0.25, 0.3) is 5.57 Å². The van der Waals surface area contributed by atoms with Crippen LogP contribution in [0.3, 0.4) is 0 Å². The number of pyridine rings is 1. The molecule has 1 aliphatic heterocycles. The van der Waals surface area contributed by atoms with E-state index in [1.807, 2.05) is 38.1 Å². The molecular formula is C23H27N3O3. The molecule has 0 aliphatic carbocycles. The Bertz CT molecular complexity index is 919. The molecule has 2 aromatic rings. The molecule has 0 spiro atoms. The molecule has 1 fully saturated rings. The molecule has 6 heteroatoms. The zero-order valence-corrected chi connectivity index (χ0v) is 16.8. The number of amides is 1. The standard InChI is InChI=1S/C23H27N3O3/c1-3-16(13-17(4-2)23(28)26-12-10-19(27)15-26)22-14-21(9-11-25-22)29-20-7-5-18(24)6-8-20/h4-9,11,13-14,19,27H,3,10,12,15,24H2,1-2H3/b16-13+,17-4+/t19-/m0/s1. The van der Waals surface area contributed by atoms with Gasteiger partial charge in [-0.1, -0.05) is 13.0 Å². The number of hydrogen-bond donors (Lipinski definition) is 2. The van der Waals surface area contributed by atoms with E-state index in [1.165, 1.54) is 0 Å². The molecule has 3 N–H and O–H groups in total. The highest BCUT2D eigenvalue weighted by molar-refractivity contribution is 5.98. The maximum Gasteiger partial charge on any atom is 0.253 e. The van der Waals surface area contributed by atoms with Crippen molar-refractivity contribution in [3.05, 3.63) is 66.0 Å². The molecule has 0 unspecified atom stereocenters. The molecule has 1 saturated heterocycles. The normalized spacial score (nSPS) is 17.5. The van der Waals surface area contributed by atoms with Gasteiger partial charge in [-0.2, -0.15) is 0 Å². The van der Waals surface area contributed by atoms with Gasteiger partial charge in [0, 0.05) is 36.6 Å². The number of anilines is 1. The SMILES string of the molecule is C/C=C(\C=C(/CC)c1cc(Oc2ccc(N)cc2)ccn1)C(=O)N1CC[C@H](O)C1. The maximum atomic E-state index is 12.8. The van der Waals surface area contributed by atoms with Crippen LogP contribution in [0, 0.1) is 0 Å². The molecule has 0 saturated carbocycles. The number of aromatic nitrogens is 1. The van der Waals surface area contributed by atoms with Crippen molar-refractivity contribution < 1.29 is 14.6 Å². The second-order valence-corrected chi connectivity index (χ2v) is 7.01. The van der Waals surface area contributed by atoms with Crippen molar-refractivity contribution in [3.63, 3.8) is 0 Å². The summed E-state index contributed by atoms with van der Waals surface area (Å²) < 4.78 is 5.90. The second-order valence-electron chi connectivity index (χ2n) is 7.01. The highest BCUT2D eigenvalue weighted by Gasteiger charge is 2.26. The number of rotatable bonds is 6. The number of hydrogen-bond acceptors (Lipinski definition) is 5. The minimum Gasteiger partial charge on any atom is -0.457 e. The van der Waals surface area contributed by atoms with E-state index in [9.17, 15) is 9.90 Å². The molecule has 0 bridgehead atoms. The minimum absolute atomic E-state index is 0.0655. The fraction of sp³-hybridized carbons (Fsp3) is 0.304. The maximum absolute atomic E-state index is 12.8. The largest absolute Gasteiger partial charge is 0.457 e. The highest BCUT2D eigenvalue weighted by atomic mass is 16.5. The Balaban J connectivity index is 1.81. The Hall–Kier alpha value is -3.12. The molecule has 2 heterocycles. The van der Waals surface area contributed by atoms with Crippen LogP contribution in [0.1, 0.15) is 32.4 Å². The summed E-state index contributed by atoms with van der Waals surface area (Å²) in [6.07, 6.45) is 6.28. The van der Waals surface area contributed by atoms with E-state index in [4.69, 9.17) is 10.5 Å². The zero-order chi connectivity index (χ0) is 20.8. The molecule has 1 aliphatic rings. The number of nitrogens with two attached hydrogens (primary N) is 1. The van der Waals surface area contributed by atoms with Gasteiger partial charge in [-0.05, 0) is 61.7 Å². The average Bonchev–Trinajstić information content (AvgIpc) is 3.17. The first kappa shape index (κ1) is 20.6. The number of aliphatic hydroxyl groups excluding tert-OH is 1. The molecule has 0 radical (unpaired) electrons. The Labute approximate surface area is 171 Å². The molecule has 1 atom stereocenters. The first-order valence-electron chi connectivity index (χ1n) is 9.84. The van der Waals surface area contributed by atoms with E-state index in [0.717, 1.165) is 11.3 Å². The number of allylic oxidation sites excluding steroid dienone is 2. The summed E-state index contributed by atoms with van der Waals surface area (Å²) in [5.41, 5.74) is 8.69. The summed E-state index contributed by atoms with van der Waals surface area (Å²) in [6, 6.07) is 10.9. The predicted octanol–water partition coefficient (Wildman–Crippen LogP) is 3.79. The summed E-state index contributed by atoms with van der Waals surface area (Å²) in [5, 5.41) is 9.72. The van der Waals surface area contributed by atoms with Gasteiger partial charge >= 0.3 is 0 Å². The molecule has 3 rings (SSSR count). The van der Waals surface area contributed by atoms with E-state index < -0.39 is 6.10 Å². The van der Waals surface area contributed by atoms with Crippen molar-refractivity contribution in [1.29, 1.82) is 0 Å². The number of carbonyl (C=O) groups is 1. The van der Waals surface area contributed by atoms with Gasteiger partial charge in [-0.3, -0.25) is 9.78 Å². The molecule has 152 valence electrons. The van der Waals surface area contributed by atoms with E-state index >= 15 is 0 Å².